The number of hydrogen-bond donors (Lipinski definition) is 1. The van der Waals surface area contributed by atoms with Gasteiger partial charge in [-0.05, 0) is 24.0 Å². The first kappa shape index (κ1) is 13.3. The predicted octanol–water partition coefficient (Wildman–Crippen LogP) is 2.95. The molecule has 1 N–H and O–H groups in total. The van der Waals surface area contributed by atoms with Crippen LogP contribution in [-0.2, 0) is 13.0 Å². The molecule has 1 aromatic heterocycles. The fourth-order valence-electron chi connectivity index (χ4n) is 1.94. The number of carboxylic acid groups (broad SMARTS) is 1. The number of aromatic carboxylic acids is 1. The van der Waals surface area contributed by atoms with Crippen molar-refractivity contribution >= 4 is 5.97 Å². The van der Waals surface area contributed by atoms with E-state index in [9.17, 15) is 9.90 Å². The Hall–Kier alpha value is -2.10. The summed E-state index contributed by atoms with van der Waals surface area (Å²) in [6.07, 6.45) is 0.778. The standard InChI is InChI=1S/C15H18N2O2/c1-11(2)13-10-14(15(18)19)17(16-13)9-8-12-6-4-3-5-7-12/h3-7,10-11H,8-9H2,1-2H3,(H,18,19). The van der Waals surface area contributed by atoms with Crippen LogP contribution in [0.2, 0.25) is 0 Å². The van der Waals surface area contributed by atoms with Crippen molar-refractivity contribution in [2.45, 2.75) is 32.7 Å². The van der Waals surface area contributed by atoms with Crippen LogP contribution in [-0.4, -0.2) is 20.9 Å². The Kier molecular flexibility index (Phi) is 4.00. The van der Waals surface area contributed by atoms with Crippen LogP contribution in [0, 0.1) is 0 Å². The molecule has 0 bridgehead atoms. The monoisotopic (exact) mass is 258 g/mol. The van der Waals surface area contributed by atoms with E-state index in [0.29, 0.717) is 6.54 Å². The largest absolute Gasteiger partial charge is 0.477 e. The highest BCUT2D eigenvalue weighted by atomic mass is 16.4. The molecule has 0 saturated carbocycles. The third kappa shape index (κ3) is 3.22. The minimum Gasteiger partial charge on any atom is -0.477 e. The SMILES string of the molecule is CC(C)c1cc(C(=O)O)n(CCc2ccccc2)n1. The topological polar surface area (TPSA) is 55.1 Å². The highest BCUT2D eigenvalue weighted by Gasteiger charge is 2.15. The molecular weight excluding hydrogens is 240 g/mol. The van der Waals surface area contributed by atoms with Gasteiger partial charge in [-0.2, -0.15) is 5.10 Å². The number of rotatable bonds is 5. The molecule has 0 aliphatic rings. The summed E-state index contributed by atoms with van der Waals surface area (Å²) in [6.45, 7) is 4.60. The average molecular weight is 258 g/mol. The Labute approximate surface area is 112 Å². The molecule has 0 spiro atoms. The van der Waals surface area contributed by atoms with Crippen molar-refractivity contribution in [3.63, 3.8) is 0 Å². The fourth-order valence-corrected chi connectivity index (χ4v) is 1.94. The number of benzene rings is 1. The molecule has 19 heavy (non-hydrogen) atoms. The molecule has 2 rings (SSSR count). The second-order valence-corrected chi connectivity index (χ2v) is 4.87. The molecule has 2 aromatic rings. The van der Waals surface area contributed by atoms with Crippen LogP contribution in [0.4, 0.5) is 0 Å². The average Bonchev–Trinajstić information content (AvgIpc) is 2.82. The first-order valence-corrected chi connectivity index (χ1v) is 6.43. The molecule has 1 aromatic carbocycles. The smallest absolute Gasteiger partial charge is 0.354 e. The highest BCUT2D eigenvalue weighted by molar-refractivity contribution is 5.85. The summed E-state index contributed by atoms with van der Waals surface area (Å²) in [7, 11) is 0. The number of nitrogens with zero attached hydrogens (tertiary/aromatic N) is 2. The molecule has 0 unspecified atom stereocenters. The third-order valence-corrected chi connectivity index (χ3v) is 3.06. The summed E-state index contributed by atoms with van der Waals surface area (Å²) in [4.78, 5) is 11.2. The van der Waals surface area contributed by atoms with Gasteiger partial charge in [-0.3, -0.25) is 4.68 Å². The predicted molar refractivity (Wildman–Crippen MR) is 73.4 cm³/mol. The summed E-state index contributed by atoms with van der Waals surface area (Å²) >= 11 is 0. The zero-order valence-corrected chi connectivity index (χ0v) is 11.2. The summed E-state index contributed by atoms with van der Waals surface area (Å²) in [5.41, 5.74) is 2.27. The van der Waals surface area contributed by atoms with E-state index in [4.69, 9.17) is 0 Å². The van der Waals surface area contributed by atoms with Gasteiger partial charge < -0.3 is 5.11 Å². The number of hydrogen-bond acceptors (Lipinski definition) is 2. The maximum atomic E-state index is 11.2. The summed E-state index contributed by atoms with van der Waals surface area (Å²) in [6, 6.07) is 11.7. The molecule has 100 valence electrons. The molecule has 1 heterocycles. The number of carbonyl (C=O) groups is 1. The minimum absolute atomic E-state index is 0.232. The van der Waals surface area contributed by atoms with Crippen LogP contribution in [0.15, 0.2) is 36.4 Å². The molecule has 0 atom stereocenters. The van der Waals surface area contributed by atoms with Crippen LogP contribution < -0.4 is 0 Å². The van der Waals surface area contributed by atoms with E-state index in [2.05, 4.69) is 5.10 Å². The van der Waals surface area contributed by atoms with Crippen LogP contribution in [0.1, 0.15) is 41.5 Å². The van der Waals surface area contributed by atoms with Crippen LogP contribution in [0.5, 0.6) is 0 Å². The third-order valence-electron chi connectivity index (χ3n) is 3.06. The Bertz CT molecular complexity index is 559. The molecule has 0 radical (unpaired) electrons. The lowest BCUT2D eigenvalue weighted by atomic mass is 10.1. The molecule has 4 nitrogen and oxygen atoms in total. The maximum absolute atomic E-state index is 11.2. The summed E-state index contributed by atoms with van der Waals surface area (Å²) in [5, 5.41) is 13.6. The van der Waals surface area contributed by atoms with Gasteiger partial charge in [0.1, 0.15) is 5.69 Å². The molecule has 0 aliphatic carbocycles. The van der Waals surface area contributed by atoms with Crippen molar-refractivity contribution in [1.82, 2.24) is 9.78 Å². The van der Waals surface area contributed by atoms with Gasteiger partial charge in [-0.15, -0.1) is 0 Å². The van der Waals surface area contributed by atoms with Gasteiger partial charge in [-0.1, -0.05) is 44.2 Å². The lowest BCUT2D eigenvalue weighted by Crippen LogP contribution is -2.11. The second kappa shape index (κ2) is 5.69. The van der Waals surface area contributed by atoms with Gasteiger partial charge >= 0.3 is 5.97 Å². The maximum Gasteiger partial charge on any atom is 0.354 e. The summed E-state index contributed by atoms with van der Waals surface area (Å²) in [5.74, 6) is -0.691. The minimum atomic E-state index is -0.924. The first-order valence-electron chi connectivity index (χ1n) is 6.43. The van der Waals surface area contributed by atoms with E-state index < -0.39 is 5.97 Å². The highest BCUT2D eigenvalue weighted by Crippen LogP contribution is 2.15. The van der Waals surface area contributed by atoms with E-state index in [1.807, 2.05) is 44.2 Å². The zero-order valence-electron chi connectivity index (χ0n) is 11.2. The van der Waals surface area contributed by atoms with E-state index in [1.54, 1.807) is 10.7 Å². The lowest BCUT2D eigenvalue weighted by molar-refractivity contribution is 0.0683. The molecule has 4 heteroatoms. The van der Waals surface area contributed by atoms with Gasteiger partial charge in [0.2, 0.25) is 0 Å². The Morgan fingerprint density at radius 1 is 1.32 bits per heavy atom. The van der Waals surface area contributed by atoms with E-state index in [-0.39, 0.29) is 11.6 Å². The Balaban J connectivity index is 2.17. The first-order chi connectivity index (χ1) is 9.08. The van der Waals surface area contributed by atoms with Crippen molar-refractivity contribution in [2.24, 2.45) is 0 Å². The molecule has 0 saturated heterocycles. The van der Waals surface area contributed by atoms with E-state index in [1.165, 1.54) is 5.56 Å². The molecule has 0 fully saturated rings. The normalized spacial score (nSPS) is 10.9. The molecule has 0 aliphatic heterocycles. The van der Waals surface area contributed by atoms with Crippen molar-refractivity contribution in [1.29, 1.82) is 0 Å². The van der Waals surface area contributed by atoms with Gasteiger partial charge in [-0.25, -0.2) is 4.79 Å². The van der Waals surface area contributed by atoms with Gasteiger partial charge in [0.25, 0.3) is 0 Å². The number of aryl methyl sites for hydroxylation is 2. The second-order valence-electron chi connectivity index (χ2n) is 4.87. The van der Waals surface area contributed by atoms with Crippen LogP contribution in [0.25, 0.3) is 0 Å². The quantitative estimate of drug-likeness (QED) is 0.897. The summed E-state index contributed by atoms with van der Waals surface area (Å²) < 4.78 is 1.59. The molecular formula is C15H18N2O2. The van der Waals surface area contributed by atoms with Crippen molar-refractivity contribution < 1.29 is 9.90 Å². The van der Waals surface area contributed by atoms with Gasteiger partial charge in [0, 0.05) is 6.54 Å². The lowest BCUT2D eigenvalue weighted by Gasteiger charge is -2.05. The number of aromatic nitrogens is 2. The number of carboxylic acids is 1. The van der Waals surface area contributed by atoms with Crippen LogP contribution in [0.3, 0.4) is 0 Å². The fraction of sp³-hybridized carbons (Fsp3) is 0.333. The van der Waals surface area contributed by atoms with Crippen LogP contribution >= 0.6 is 0 Å². The van der Waals surface area contributed by atoms with Gasteiger partial charge in [0.05, 0.1) is 5.69 Å². The van der Waals surface area contributed by atoms with E-state index in [0.717, 1.165) is 12.1 Å². The Morgan fingerprint density at radius 3 is 2.58 bits per heavy atom. The molecule has 0 amide bonds. The Morgan fingerprint density at radius 2 is 2.00 bits per heavy atom. The van der Waals surface area contributed by atoms with E-state index >= 15 is 0 Å². The van der Waals surface area contributed by atoms with Crippen molar-refractivity contribution in [3.05, 3.63) is 53.3 Å². The zero-order chi connectivity index (χ0) is 13.8. The van der Waals surface area contributed by atoms with Crippen molar-refractivity contribution in [2.75, 3.05) is 0 Å². The van der Waals surface area contributed by atoms with Crippen molar-refractivity contribution in [3.8, 4) is 0 Å². The van der Waals surface area contributed by atoms with Gasteiger partial charge in [0.15, 0.2) is 0 Å².